The van der Waals surface area contributed by atoms with Crippen LogP contribution in [-0.2, 0) is 11.2 Å². The molecule has 2 rings (SSSR count). The number of carbonyl (C=O) groups is 1. The van der Waals surface area contributed by atoms with E-state index in [2.05, 4.69) is 25.8 Å². The largest absolute Gasteiger partial charge is 0.444 e. The Kier molecular flexibility index (Phi) is 6.19. The fraction of sp³-hybridized carbons (Fsp3) is 0.500. The van der Waals surface area contributed by atoms with Gasteiger partial charge in [-0.05, 0) is 26.8 Å². The van der Waals surface area contributed by atoms with E-state index in [4.69, 9.17) is 20.8 Å². The van der Waals surface area contributed by atoms with Crippen LogP contribution in [0, 0.1) is 0 Å². The summed E-state index contributed by atoms with van der Waals surface area (Å²) in [7, 11) is 0. The molecule has 0 saturated heterocycles. The number of halogens is 1. The van der Waals surface area contributed by atoms with Gasteiger partial charge >= 0.3 is 6.09 Å². The van der Waals surface area contributed by atoms with Crippen molar-refractivity contribution in [2.75, 3.05) is 18.4 Å². The average molecular weight is 368 g/mol. The lowest BCUT2D eigenvalue weighted by atomic mass is 10.2. The number of aromatic nitrogens is 3. The third-order valence-corrected chi connectivity index (χ3v) is 3.23. The van der Waals surface area contributed by atoms with Crippen molar-refractivity contribution < 1.29 is 13.9 Å². The Morgan fingerprint density at radius 3 is 2.68 bits per heavy atom. The Bertz CT molecular complexity index is 727. The molecule has 2 heterocycles. The summed E-state index contributed by atoms with van der Waals surface area (Å²) in [5.41, 5.74) is 0.125. The smallest absolute Gasteiger partial charge is 0.407 e. The molecular weight excluding hydrogens is 346 g/mol. The zero-order valence-corrected chi connectivity index (χ0v) is 15.5. The third-order valence-electron chi connectivity index (χ3n) is 2.94. The SMILES string of the molecule is CCc1nnc(-c2cnc(NCCNC(=O)OC(C)(C)C)c(Cl)c2)o1. The van der Waals surface area contributed by atoms with Crippen LogP contribution in [0.15, 0.2) is 16.7 Å². The molecule has 0 bridgehead atoms. The number of nitrogens with zero attached hydrogens (tertiary/aromatic N) is 3. The van der Waals surface area contributed by atoms with E-state index in [1.807, 2.05) is 27.7 Å². The van der Waals surface area contributed by atoms with Crippen molar-refractivity contribution >= 4 is 23.5 Å². The molecule has 0 unspecified atom stereocenters. The minimum absolute atomic E-state index is 0.373. The summed E-state index contributed by atoms with van der Waals surface area (Å²) in [5.74, 6) is 1.44. The standard InChI is InChI=1S/C16H22ClN5O3/c1-5-12-21-22-14(24-12)10-8-11(17)13(20-9-10)18-6-7-19-15(23)25-16(2,3)4/h8-9H,5-7H2,1-4H3,(H,18,20)(H,19,23). The van der Waals surface area contributed by atoms with Crippen LogP contribution in [0.2, 0.25) is 5.02 Å². The first-order valence-corrected chi connectivity index (χ1v) is 8.35. The molecule has 0 atom stereocenters. The van der Waals surface area contributed by atoms with Crippen LogP contribution >= 0.6 is 11.6 Å². The zero-order valence-electron chi connectivity index (χ0n) is 14.7. The molecule has 0 radical (unpaired) electrons. The zero-order chi connectivity index (χ0) is 18.4. The lowest BCUT2D eigenvalue weighted by Crippen LogP contribution is -2.35. The molecule has 0 fully saturated rings. The van der Waals surface area contributed by atoms with E-state index in [9.17, 15) is 4.79 Å². The van der Waals surface area contributed by atoms with E-state index in [0.717, 1.165) is 0 Å². The van der Waals surface area contributed by atoms with Gasteiger partial charge in [-0.15, -0.1) is 10.2 Å². The number of ether oxygens (including phenoxy) is 1. The first-order valence-electron chi connectivity index (χ1n) is 7.97. The van der Waals surface area contributed by atoms with Crippen molar-refractivity contribution in [3.8, 4) is 11.5 Å². The van der Waals surface area contributed by atoms with Gasteiger partial charge in [0.05, 0.1) is 10.6 Å². The molecule has 136 valence electrons. The molecule has 0 aliphatic rings. The Balaban J connectivity index is 1.86. The highest BCUT2D eigenvalue weighted by molar-refractivity contribution is 6.33. The number of hydrogen-bond acceptors (Lipinski definition) is 7. The minimum atomic E-state index is -0.523. The van der Waals surface area contributed by atoms with E-state index in [0.29, 0.717) is 47.7 Å². The van der Waals surface area contributed by atoms with Gasteiger partial charge in [-0.25, -0.2) is 9.78 Å². The van der Waals surface area contributed by atoms with Crippen molar-refractivity contribution in [1.82, 2.24) is 20.5 Å². The van der Waals surface area contributed by atoms with Gasteiger partial charge in [0, 0.05) is 25.7 Å². The number of hydrogen-bond donors (Lipinski definition) is 2. The fourth-order valence-corrected chi connectivity index (χ4v) is 2.09. The molecule has 2 aromatic rings. The first kappa shape index (κ1) is 19.0. The third kappa shape index (κ3) is 5.90. The van der Waals surface area contributed by atoms with Gasteiger partial charge in [0.25, 0.3) is 0 Å². The van der Waals surface area contributed by atoms with Crippen LogP contribution in [0.4, 0.5) is 10.6 Å². The molecular formula is C16H22ClN5O3. The molecule has 0 aliphatic heterocycles. The number of pyridine rings is 1. The quantitative estimate of drug-likeness (QED) is 0.755. The summed E-state index contributed by atoms with van der Waals surface area (Å²) >= 11 is 6.22. The number of carbonyl (C=O) groups excluding carboxylic acids is 1. The van der Waals surface area contributed by atoms with Gasteiger partial charge in [-0.1, -0.05) is 18.5 Å². The van der Waals surface area contributed by atoms with Crippen molar-refractivity contribution in [3.05, 3.63) is 23.2 Å². The second-order valence-corrected chi connectivity index (χ2v) is 6.67. The highest BCUT2D eigenvalue weighted by Gasteiger charge is 2.15. The summed E-state index contributed by atoms with van der Waals surface area (Å²) in [6, 6.07) is 1.70. The maximum atomic E-state index is 11.5. The fourth-order valence-electron chi connectivity index (χ4n) is 1.86. The predicted molar refractivity (Wildman–Crippen MR) is 94.6 cm³/mol. The molecule has 2 N–H and O–H groups in total. The highest BCUT2D eigenvalue weighted by atomic mass is 35.5. The van der Waals surface area contributed by atoms with Crippen molar-refractivity contribution in [3.63, 3.8) is 0 Å². The van der Waals surface area contributed by atoms with E-state index >= 15 is 0 Å². The molecule has 0 saturated carbocycles. The monoisotopic (exact) mass is 367 g/mol. The highest BCUT2D eigenvalue weighted by Crippen LogP contribution is 2.25. The van der Waals surface area contributed by atoms with Gasteiger partial charge in [-0.3, -0.25) is 0 Å². The lowest BCUT2D eigenvalue weighted by Gasteiger charge is -2.19. The average Bonchev–Trinajstić information content (AvgIpc) is 3.00. The number of nitrogens with one attached hydrogen (secondary N) is 2. The molecule has 2 aromatic heterocycles. The summed E-state index contributed by atoms with van der Waals surface area (Å²) in [5, 5.41) is 14.0. The van der Waals surface area contributed by atoms with Gasteiger partial charge in [0.2, 0.25) is 11.8 Å². The summed E-state index contributed by atoms with van der Waals surface area (Å²) in [6.45, 7) is 8.18. The normalized spacial score (nSPS) is 11.2. The molecule has 25 heavy (non-hydrogen) atoms. The molecule has 0 aliphatic carbocycles. The number of aryl methyl sites for hydroxylation is 1. The van der Waals surface area contributed by atoms with Gasteiger partial charge in [0.1, 0.15) is 11.4 Å². The van der Waals surface area contributed by atoms with Gasteiger partial charge in [0.15, 0.2) is 0 Å². The molecule has 8 nitrogen and oxygen atoms in total. The van der Waals surface area contributed by atoms with E-state index < -0.39 is 11.7 Å². The Labute approximate surface area is 151 Å². The number of amides is 1. The van der Waals surface area contributed by atoms with Crippen LogP contribution in [-0.4, -0.2) is 40.0 Å². The molecule has 1 amide bonds. The topological polar surface area (TPSA) is 102 Å². The lowest BCUT2D eigenvalue weighted by molar-refractivity contribution is 0.0530. The molecule has 9 heteroatoms. The van der Waals surface area contributed by atoms with Crippen molar-refractivity contribution in [2.24, 2.45) is 0 Å². The summed E-state index contributed by atoms with van der Waals surface area (Å²) < 4.78 is 10.6. The Hall–Kier alpha value is -2.35. The predicted octanol–water partition coefficient (Wildman–Crippen LogP) is 3.28. The van der Waals surface area contributed by atoms with E-state index in [1.165, 1.54) is 0 Å². The maximum absolute atomic E-state index is 11.5. The second-order valence-electron chi connectivity index (χ2n) is 6.26. The van der Waals surface area contributed by atoms with Crippen LogP contribution in [0.3, 0.4) is 0 Å². The van der Waals surface area contributed by atoms with Gasteiger partial charge < -0.3 is 19.8 Å². The Morgan fingerprint density at radius 2 is 2.08 bits per heavy atom. The number of anilines is 1. The number of rotatable bonds is 6. The molecule has 0 aromatic carbocycles. The second kappa shape index (κ2) is 8.15. The molecule has 0 spiro atoms. The maximum Gasteiger partial charge on any atom is 0.407 e. The Morgan fingerprint density at radius 1 is 1.32 bits per heavy atom. The van der Waals surface area contributed by atoms with Crippen LogP contribution in [0.25, 0.3) is 11.5 Å². The van der Waals surface area contributed by atoms with Crippen LogP contribution in [0.1, 0.15) is 33.6 Å². The van der Waals surface area contributed by atoms with E-state index in [1.54, 1.807) is 12.3 Å². The first-order chi connectivity index (χ1) is 11.8. The van der Waals surface area contributed by atoms with Crippen LogP contribution in [0.5, 0.6) is 0 Å². The van der Waals surface area contributed by atoms with E-state index in [-0.39, 0.29) is 0 Å². The van der Waals surface area contributed by atoms with Crippen molar-refractivity contribution in [1.29, 1.82) is 0 Å². The summed E-state index contributed by atoms with van der Waals surface area (Å²) in [6.07, 6.45) is 1.80. The van der Waals surface area contributed by atoms with Crippen LogP contribution < -0.4 is 10.6 Å². The summed E-state index contributed by atoms with van der Waals surface area (Å²) in [4.78, 5) is 15.8. The number of alkyl carbamates (subject to hydrolysis) is 1. The minimum Gasteiger partial charge on any atom is -0.444 e. The van der Waals surface area contributed by atoms with Gasteiger partial charge in [-0.2, -0.15) is 0 Å². The van der Waals surface area contributed by atoms with Crippen molar-refractivity contribution in [2.45, 2.75) is 39.7 Å².